The molecule has 0 heteroatoms. The van der Waals surface area contributed by atoms with E-state index < -0.39 is 0 Å². The minimum absolute atomic E-state index is 0.407. The lowest BCUT2D eigenvalue weighted by Crippen LogP contribution is -1.95. The van der Waals surface area contributed by atoms with E-state index in [2.05, 4.69) is 79.7 Å². The third-order valence-corrected chi connectivity index (χ3v) is 5.95. The van der Waals surface area contributed by atoms with Gasteiger partial charge in [0.05, 0.1) is 0 Å². The zero-order valence-electron chi connectivity index (χ0n) is 15.3. The van der Waals surface area contributed by atoms with Crippen molar-refractivity contribution in [3.63, 3.8) is 0 Å². The van der Waals surface area contributed by atoms with Gasteiger partial charge >= 0.3 is 0 Å². The number of unbranched alkanes of at least 4 members (excludes halogenated alkanes) is 1. The molecule has 128 valence electrons. The molecule has 0 saturated heterocycles. The van der Waals surface area contributed by atoms with Gasteiger partial charge in [-0.1, -0.05) is 85.7 Å². The number of hydrogen-bond acceptors (Lipinski definition) is 0. The van der Waals surface area contributed by atoms with Crippen LogP contribution >= 0.6 is 0 Å². The highest BCUT2D eigenvalue weighted by atomic mass is 14.3. The van der Waals surface area contributed by atoms with Gasteiger partial charge in [-0.15, -0.1) is 0 Å². The third-order valence-electron chi connectivity index (χ3n) is 5.95. The molecule has 0 bridgehead atoms. The molecule has 0 heterocycles. The summed E-state index contributed by atoms with van der Waals surface area (Å²) in [5, 5.41) is 2.85. The number of rotatable bonds is 4. The highest BCUT2D eigenvalue weighted by Gasteiger charge is 2.24. The quantitative estimate of drug-likeness (QED) is 0.370. The molecule has 0 nitrogen and oxygen atoms in total. The van der Waals surface area contributed by atoms with Crippen LogP contribution in [0.2, 0.25) is 0 Å². The first-order valence-corrected chi connectivity index (χ1v) is 9.87. The first-order chi connectivity index (χ1) is 12.8. The van der Waals surface area contributed by atoms with Crippen molar-refractivity contribution in [1.82, 2.24) is 0 Å². The van der Waals surface area contributed by atoms with E-state index in [1.54, 1.807) is 0 Å². The summed E-state index contributed by atoms with van der Waals surface area (Å²) in [5.74, 6) is 0.407. The van der Waals surface area contributed by atoms with Crippen molar-refractivity contribution in [2.45, 2.75) is 38.5 Å². The summed E-state index contributed by atoms with van der Waals surface area (Å²) >= 11 is 0. The topological polar surface area (TPSA) is 0 Å². The molecule has 5 rings (SSSR count). The summed E-state index contributed by atoms with van der Waals surface area (Å²) in [7, 11) is 0. The van der Waals surface area contributed by atoms with E-state index in [0.29, 0.717) is 5.92 Å². The van der Waals surface area contributed by atoms with Crippen molar-refractivity contribution >= 4 is 10.8 Å². The van der Waals surface area contributed by atoms with E-state index in [1.807, 2.05) is 0 Å². The van der Waals surface area contributed by atoms with Gasteiger partial charge in [0.25, 0.3) is 0 Å². The minimum Gasteiger partial charge on any atom is -0.0729 e. The molecule has 0 aliphatic heterocycles. The fourth-order valence-corrected chi connectivity index (χ4v) is 4.61. The Morgan fingerprint density at radius 1 is 0.923 bits per heavy atom. The molecule has 0 fully saturated rings. The molecule has 3 aromatic rings. The maximum absolute atomic E-state index is 2.48. The molecule has 0 amide bonds. The van der Waals surface area contributed by atoms with E-state index in [9.17, 15) is 0 Å². The fourth-order valence-electron chi connectivity index (χ4n) is 4.61. The third kappa shape index (κ3) is 2.44. The molecule has 0 saturated carbocycles. The minimum atomic E-state index is 0.407. The second-order valence-corrected chi connectivity index (χ2v) is 7.60. The summed E-state index contributed by atoms with van der Waals surface area (Å²) in [4.78, 5) is 0. The molecule has 0 N–H and O–H groups in total. The van der Waals surface area contributed by atoms with Gasteiger partial charge in [-0.2, -0.15) is 0 Å². The number of benzene rings is 3. The van der Waals surface area contributed by atoms with Crippen LogP contribution < -0.4 is 0 Å². The largest absolute Gasteiger partial charge is 0.0729 e. The molecule has 26 heavy (non-hydrogen) atoms. The van der Waals surface area contributed by atoms with E-state index in [0.717, 1.165) is 6.42 Å². The van der Waals surface area contributed by atoms with Crippen LogP contribution in [0.15, 0.2) is 78.4 Å². The van der Waals surface area contributed by atoms with Gasteiger partial charge in [0.15, 0.2) is 0 Å². The lowest BCUT2D eigenvalue weighted by molar-refractivity contribution is 0.797. The summed E-state index contributed by atoms with van der Waals surface area (Å²) in [6.45, 7) is 2.27. The number of fused-ring (bicyclic) bond motifs is 5. The van der Waals surface area contributed by atoms with Gasteiger partial charge in [-0.3, -0.25) is 0 Å². The van der Waals surface area contributed by atoms with Crippen molar-refractivity contribution in [2.24, 2.45) is 0 Å². The van der Waals surface area contributed by atoms with E-state index >= 15 is 0 Å². The van der Waals surface area contributed by atoms with E-state index in [-0.39, 0.29) is 0 Å². The normalized spacial score (nSPS) is 17.4. The summed E-state index contributed by atoms with van der Waals surface area (Å²) < 4.78 is 0. The molecular formula is C26H24. The van der Waals surface area contributed by atoms with Crippen LogP contribution in [0, 0.1) is 0 Å². The van der Waals surface area contributed by atoms with E-state index in [4.69, 9.17) is 0 Å². The SMILES string of the molecule is CCCCC1=CC(c2cc3c(c4ccccc24)Cc2ccccc2-3)C=C1. The molecule has 2 aliphatic carbocycles. The summed E-state index contributed by atoms with van der Waals surface area (Å²) in [6.07, 6.45) is 12.0. The Labute approximate surface area is 155 Å². The van der Waals surface area contributed by atoms with Crippen LogP contribution in [-0.2, 0) is 6.42 Å². The number of allylic oxidation sites excluding steroid dienone is 4. The average molecular weight is 336 g/mol. The van der Waals surface area contributed by atoms with Crippen LogP contribution in [0.5, 0.6) is 0 Å². The molecule has 2 aliphatic rings. The van der Waals surface area contributed by atoms with Gasteiger partial charge in [-0.05, 0) is 63.9 Å². The maximum Gasteiger partial charge on any atom is 0.0213 e. The molecular weight excluding hydrogens is 312 g/mol. The monoisotopic (exact) mass is 336 g/mol. The summed E-state index contributed by atoms with van der Waals surface area (Å²) in [5.41, 5.74) is 8.79. The van der Waals surface area contributed by atoms with Crippen molar-refractivity contribution in [2.75, 3.05) is 0 Å². The Morgan fingerprint density at radius 3 is 2.62 bits per heavy atom. The molecule has 3 aromatic carbocycles. The van der Waals surface area contributed by atoms with Crippen molar-refractivity contribution < 1.29 is 0 Å². The molecule has 0 radical (unpaired) electrons. The fraction of sp³-hybridized carbons (Fsp3) is 0.231. The Bertz CT molecular complexity index is 1050. The maximum atomic E-state index is 2.48. The second kappa shape index (κ2) is 6.29. The molecule has 0 spiro atoms. The summed E-state index contributed by atoms with van der Waals surface area (Å²) in [6, 6.07) is 20.3. The average Bonchev–Trinajstić information content (AvgIpc) is 3.30. The highest BCUT2D eigenvalue weighted by Crippen LogP contribution is 2.44. The van der Waals surface area contributed by atoms with Crippen molar-refractivity contribution in [3.8, 4) is 11.1 Å². The highest BCUT2D eigenvalue weighted by molar-refractivity contribution is 5.98. The van der Waals surface area contributed by atoms with Crippen molar-refractivity contribution in [1.29, 1.82) is 0 Å². The lowest BCUT2D eigenvalue weighted by atomic mass is 9.88. The Morgan fingerprint density at radius 2 is 1.73 bits per heavy atom. The van der Waals surface area contributed by atoms with Gasteiger partial charge in [0.1, 0.15) is 0 Å². The Balaban J connectivity index is 1.67. The standard InChI is InChI=1S/C26H24/c1-2-3-8-18-13-14-20(15-18)24-17-26-21-10-5-4-9-19(21)16-25(26)23-12-7-6-11-22(23)24/h4-7,9-15,17,20H,2-3,8,16H2,1H3. The van der Waals surface area contributed by atoms with Crippen molar-refractivity contribution in [3.05, 3.63) is 95.1 Å². The van der Waals surface area contributed by atoms with Crippen LogP contribution in [-0.4, -0.2) is 0 Å². The van der Waals surface area contributed by atoms with Crippen LogP contribution in [0.1, 0.15) is 48.8 Å². The van der Waals surface area contributed by atoms with Gasteiger partial charge in [0, 0.05) is 5.92 Å². The molecule has 1 atom stereocenters. The predicted molar refractivity (Wildman–Crippen MR) is 112 cm³/mol. The van der Waals surface area contributed by atoms with Crippen LogP contribution in [0.3, 0.4) is 0 Å². The number of hydrogen-bond donors (Lipinski definition) is 0. The zero-order chi connectivity index (χ0) is 17.5. The first kappa shape index (κ1) is 15.6. The smallest absolute Gasteiger partial charge is 0.0213 e. The van der Waals surface area contributed by atoms with Crippen LogP contribution in [0.4, 0.5) is 0 Å². The van der Waals surface area contributed by atoms with Gasteiger partial charge in [0.2, 0.25) is 0 Å². The second-order valence-electron chi connectivity index (χ2n) is 7.60. The van der Waals surface area contributed by atoms with Crippen LogP contribution in [0.25, 0.3) is 21.9 Å². The van der Waals surface area contributed by atoms with Gasteiger partial charge < -0.3 is 0 Å². The Kier molecular flexibility index (Phi) is 3.78. The lowest BCUT2D eigenvalue weighted by Gasteiger charge is -2.15. The molecule has 1 unspecified atom stereocenters. The van der Waals surface area contributed by atoms with E-state index in [1.165, 1.54) is 63.4 Å². The zero-order valence-corrected chi connectivity index (χ0v) is 15.3. The predicted octanol–water partition coefficient (Wildman–Crippen LogP) is 7.18. The Hall–Kier alpha value is -2.60. The van der Waals surface area contributed by atoms with Gasteiger partial charge in [-0.25, -0.2) is 0 Å². The molecule has 0 aromatic heterocycles. The first-order valence-electron chi connectivity index (χ1n) is 9.87.